The van der Waals surface area contributed by atoms with Crippen LogP contribution in [0.2, 0.25) is 0 Å². The molecule has 10 heteroatoms. The molecule has 4 rings (SSSR count). The highest BCUT2D eigenvalue weighted by Crippen LogP contribution is 2.23. The fourth-order valence-corrected chi connectivity index (χ4v) is 5.85. The molecule has 2 aromatic heterocycles. The molecular formula is C23H36N6O2S2. The zero-order valence-electron chi connectivity index (χ0n) is 19.4. The Labute approximate surface area is 204 Å². The molecule has 0 bridgehead atoms. The Balaban J connectivity index is 1.05. The minimum atomic E-state index is 0.324. The van der Waals surface area contributed by atoms with E-state index < -0.39 is 0 Å². The minimum Gasteiger partial charge on any atom is -0.480 e. The van der Waals surface area contributed by atoms with Crippen molar-refractivity contribution in [3.63, 3.8) is 0 Å². The molecule has 2 aliphatic rings. The van der Waals surface area contributed by atoms with E-state index in [9.17, 15) is 0 Å². The van der Waals surface area contributed by atoms with Crippen LogP contribution in [0.5, 0.6) is 0 Å². The average molecular weight is 493 g/mol. The summed E-state index contributed by atoms with van der Waals surface area (Å²) in [6.07, 6.45) is 19.9. The smallest absolute Gasteiger partial charge is 0.234 e. The normalized spacial score (nSPS) is 18.2. The van der Waals surface area contributed by atoms with Gasteiger partial charge in [-0.25, -0.2) is 0 Å². The van der Waals surface area contributed by atoms with E-state index >= 15 is 0 Å². The lowest BCUT2D eigenvalue weighted by Crippen LogP contribution is -2.20. The van der Waals surface area contributed by atoms with Crippen molar-refractivity contribution >= 4 is 39.3 Å². The number of nitrogens with zero attached hydrogens (tertiary/aromatic N) is 5. The minimum absolute atomic E-state index is 0.324. The van der Waals surface area contributed by atoms with Gasteiger partial charge in [0.05, 0.1) is 12.2 Å². The Hall–Kier alpha value is -1.65. The van der Waals surface area contributed by atoms with Crippen LogP contribution in [0.15, 0.2) is 4.99 Å². The molecule has 33 heavy (non-hydrogen) atoms. The molecule has 2 saturated carbocycles. The number of aryl methyl sites for hydroxylation is 2. The second kappa shape index (κ2) is 13.9. The van der Waals surface area contributed by atoms with Crippen LogP contribution in [-0.2, 0) is 22.3 Å². The first-order valence-electron chi connectivity index (χ1n) is 12.5. The number of anilines is 1. The number of unbranched alkanes of at least 4 members (excludes halogenated alkanes) is 2. The third kappa shape index (κ3) is 8.90. The summed E-state index contributed by atoms with van der Waals surface area (Å²) < 4.78 is 11.6. The van der Waals surface area contributed by atoms with Gasteiger partial charge in [-0.2, -0.15) is 4.99 Å². The van der Waals surface area contributed by atoms with Gasteiger partial charge in [0.2, 0.25) is 10.3 Å². The Morgan fingerprint density at radius 1 is 0.788 bits per heavy atom. The lowest BCUT2D eigenvalue weighted by atomic mass is 9.98. The highest BCUT2D eigenvalue weighted by molar-refractivity contribution is 7.15. The van der Waals surface area contributed by atoms with Gasteiger partial charge < -0.3 is 14.8 Å². The van der Waals surface area contributed by atoms with Crippen LogP contribution < -0.4 is 5.32 Å². The topological polar surface area (TPSA) is 94.4 Å². The molecule has 2 fully saturated rings. The molecule has 0 amide bonds. The van der Waals surface area contributed by atoms with Gasteiger partial charge in [0.15, 0.2) is 6.40 Å². The van der Waals surface area contributed by atoms with Crippen molar-refractivity contribution in [3.8, 4) is 0 Å². The van der Waals surface area contributed by atoms with E-state index in [4.69, 9.17) is 9.47 Å². The fourth-order valence-electron chi connectivity index (χ4n) is 4.37. The first-order valence-corrected chi connectivity index (χ1v) is 14.2. The number of aromatic nitrogens is 4. The first kappa shape index (κ1) is 24.5. The standard InChI is InChI=1S/C23H36N6O2S2/c1-4-10-18(11-5-1)30-16-24-22-28-26-20(32-22)14-8-3-9-15-21-27-29-23(33-21)25-17-31-19-12-6-2-7-13-19/h16,18-19H,1-15,17H2,(H,25,29). The second-order valence-electron chi connectivity index (χ2n) is 8.92. The molecule has 0 saturated heterocycles. The zero-order valence-corrected chi connectivity index (χ0v) is 21.0. The summed E-state index contributed by atoms with van der Waals surface area (Å²) in [7, 11) is 0. The summed E-state index contributed by atoms with van der Waals surface area (Å²) in [6.45, 7) is 0.528. The molecular weight excluding hydrogens is 456 g/mol. The number of aliphatic imine (C=N–C) groups is 1. The van der Waals surface area contributed by atoms with Crippen molar-refractivity contribution in [2.45, 2.75) is 109 Å². The highest BCUT2D eigenvalue weighted by atomic mass is 32.1. The van der Waals surface area contributed by atoms with Gasteiger partial charge >= 0.3 is 0 Å². The number of ether oxygens (including phenoxy) is 2. The van der Waals surface area contributed by atoms with E-state index in [-0.39, 0.29) is 0 Å². The lowest BCUT2D eigenvalue weighted by Gasteiger charge is -2.21. The van der Waals surface area contributed by atoms with E-state index in [1.807, 2.05) is 0 Å². The van der Waals surface area contributed by atoms with Crippen LogP contribution in [-0.4, -0.2) is 45.7 Å². The monoisotopic (exact) mass is 492 g/mol. The summed E-state index contributed by atoms with van der Waals surface area (Å²) in [5, 5.41) is 23.9. The predicted molar refractivity (Wildman–Crippen MR) is 134 cm³/mol. The largest absolute Gasteiger partial charge is 0.480 e. The van der Waals surface area contributed by atoms with E-state index in [0.717, 1.165) is 60.1 Å². The molecule has 1 N–H and O–H groups in total. The molecule has 2 aromatic rings. The summed E-state index contributed by atoms with van der Waals surface area (Å²) in [5.74, 6) is 0. The van der Waals surface area contributed by atoms with Crippen molar-refractivity contribution in [1.29, 1.82) is 0 Å². The Kier molecular flexibility index (Phi) is 10.3. The third-order valence-corrected chi connectivity index (χ3v) is 8.10. The molecule has 0 radical (unpaired) electrons. The Morgan fingerprint density at radius 2 is 1.45 bits per heavy atom. The van der Waals surface area contributed by atoms with Crippen molar-refractivity contribution in [1.82, 2.24) is 20.4 Å². The van der Waals surface area contributed by atoms with Gasteiger partial charge in [0.1, 0.15) is 16.7 Å². The molecule has 2 heterocycles. The number of nitrogens with one attached hydrogen (secondary N) is 1. The van der Waals surface area contributed by atoms with Crippen molar-refractivity contribution in [2.75, 3.05) is 12.0 Å². The van der Waals surface area contributed by atoms with E-state index in [0.29, 0.717) is 24.1 Å². The van der Waals surface area contributed by atoms with Crippen LogP contribution >= 0.6 is 22.7 Å². The van der Waals surface area contributed by atoms with Crippen LogP contribution in [0.25, 0.3) is 0 Å². The van der Waals surface area contributed by atoms with Crippen LogP contribution in [0.1, 0.15) is 93.5 Å². The molecule has 8 nitrogen and oxygen atoms in total. The van der Waals surface area contributed by atoms with Gasteiger partial charge in [0.25, 0.3) is 0 Å². The molecule has 0 spiro atoms. The Bertz CT molecular complexity index is 831. The summed E-state index contributed by atoms with van der Waals surface area (Å²) in [4.78, 5) is 4.32. The maximum Gasteiger partial charge on any atom is 0.234 e. The van der Waals surface area contributed by atoms with Crippen LogP contribution in [0.4, 0.5) is 10.3 Å². The van der Waals surface area contributed by atoms with E-state index in [1.165, 1.54) is 51.4 Å². The summed E-state index contributed by atoms with van der Waals surface area (Å²) in [5.41, 5.74) is 0. The van der Waals surface area contributed by atoms with E-state index in [2.05, 4.69) is 30.7 Å². The number of rotatable bonds is 13. The Morgan fingerprint density at radius 3 is 2.21 bits per heavy atom. The molecule has 0 atom stereocenters. The average Bonchev–Trinajstić information content (AvgIpc) is 3.50. The number of hydrogen-bond acceptors (Lipinski definition) is 10. The van der Waals surface area contributed by atoms with Crippen molar-refractivity contribution < 1.29 is 9.47 Å². The lowest BCUT2D eigenvalue weighted by molar-refractivity contribution is 0.0400. The number of hydrogen-bond donors (Lipinski definition) is 1. The third-order valence-electron chi connectivity index (χ3n) is 6.27. The van der Waals surface area contributed by atoms with Gasteiger partial charge in [0, 0.05) is 12.8 Å². The van der Waals surface area contributed by atoms with Gasteiger partial charge in [-0.15, -0.1) is 20.4 Å². The molecule has 0 aliphatic heterocycles. The second-order valence-corrected chi connectivity index (χ2v) is 11.0. The maximum atomic E-state index is 5.90. The van der Waals surface area contributed by atoms with Crippen LogP contribution in [0.3, 0.4) is 0 Å². The molecule has 0 unspecified atom stereocenters. The fraction of sp³-hybridized carbons (Fsp3) is 0.783. The van der Waals surface area contributed by atoms with Crippen molar-refractivity contribution in [2.24, 2.45) is 4.99 Å². The van der Waals surface area contributed by atoms with Gasteiger partial charge in [-0.1, -0.05) is 54.8 Å². The zero-order chi connectivity index (χ0) is 22.6. The van der Waals surface area contributed by atoms with Crippen molar-refractivity contribution in [3.05, 3.63) is 10.0 Å². The first-order chi connectivity index (χ1) is 16.3. The maximum absolute atomic E-state index is 5.90. The van der Waals surface area contributed by atoms with Gasteiger partial charge in [-0.3, -0.25) is 0 Å². The predicted octanol–water partition coefficient (Wildman–Crippen LogP) is 6.07. The molecule has 0 aromatic carbocycles. The highest BCUT2D eigenvalue weighted by Gasteiger charge is 2.14. The van der Waals surface area contributed by atoms with E-state index in [1.54, 1.807) is 29.1 Å². The SMILES string of the molecule is C(=Nc1nnc(CCCCCc2nnc(NCOC3CCCCC3)s2)s1)OC1CCCCC1. The summed E-state index contributed by atoms with van der Waals surface area (Å²) >= 11 is 3.19. The van der Waals surface area contributed by atoms with Gasteiger partial charge in [-0.05, 0) is 51.4 Å². The quantitative estimate of drug-likeness (QED) is 0.157. The van der Waals surface area contributed by atoms with Crippen LogP contribution in [0, 0.1) is 0 Å². The molecule has 2 aliphatic carbocycles. The molecule has 182 valence electrons. The summed E-state index contributed by atoms with van der Waals surface area (Å²) in [6, 6.07) is 0.